The topological polar surface area (TPSA) is 79.9 Å². The molecule has 7 nitrogen and oxygen atoms in total. The first-order valence-electron chi connectivity index (χ1n) is 13.2. The minimum Gasteiger partial charge on any atom is -0.448 e. The van der Waals surface area contributed by atoms with Gasteiger partial charge in [-0.2, -0.15) is 13.2 Å². The highest BCUT2D eigenvalue weighted by molar-refractivity contribution is 6.08. The molecule has 0 radical (unpaired) electrons. The van der Waals surface area contributed by atoms with Gasteiger partial charge >= 0.3 is 12.3 Å². The van der Waals surface area contributed by atoms with Crippen LogP contribution in [-0.2, 0) is 28.5 Å². The third-order valence-corrected chi connectivity index (χ3v) is 7.16. The second-order valence-corrected chi connectivity index (χ2v) is 9.90. The first kappa shape index (κ1) is 27.7. The van der Waals surface area contributed by atoms with Gasteiger partial charge in [-0.15, -0.1) is 0 Å². The molecule has 2 N–H and O–H groups in total. The molecule has 5 rings (SSSR count). The van der Waals surface area contributed by atoms with Crippen molar-refractivity contribution in [2.75, 3.05) is 44.8 Å². The highest BCUT2D eigenvalue weighted by atomic mass is 19.4. The minimum absolute atomic E-state index is 0.0998. The lowest BCUT2D eigenvalue weighted by Crippen LogP contribution is -2.40. The SMILES string of the molecule is O=C(NC1Cc2ccc(NC(=O)c3ccccc3-c3ccc(C(F)(F)F)cc3)cc2C1)OCCN1CCOCC1. The molecule has 40 heavy (non-hydrogen) atoms. The van der Waals surface area contributed by atoms with Gasteiger partial charge in [0.05, 0.1) is 18.8 Å². The molecule has 2 aliphatic rings. The number of ether oxygens (including phenoxy) is 2. The second kappa shape index (κ2) is 12.1. The maximum Gasteiger partial charge on any atom is 0.416 e. The van der Waals surface area contributed by atoms with Crippen LogP contribution in [0.3, 0.4) is 0 Å². The number of carbonyl (C=O) groups is 2. The number of fused-ring (bicyclic) bond motifs is 1. The van der Waals surface area contributed by atoms with Crippen LogP contribution >= 0.6 is 0 Å². The van der Waals surface area contributed by atoms with Crippen molar-refractivity contribution in [2.45, 2.75) is 25.1 Å². The molecule has 0 bridgehead atoms. The monoisotopic (exact) mass is 553 g/mol. The van der Waals surface area contributed by atoms with Gasteiger partial charge < -0.3 is 20.1 Å². The zero-order valence-electron chi connectivity index (χ0n) is 21.8. The maximum atomic E-state index is 13.2. The molecule has 210 valence electrons. The molecule has 0 saturated carbocycles. The summed E-state index contributed by atoms with van der Waals surface area (Å²) in [5.41, 5.74) is 3.35. The van der Waals surface area contributed by atoms with Gasteiger partial charge in [-0.3, -0.25) is 9.69 Å². The Kier molecular flexibility index (Phi) is 8.37. The lowest BCUT2D eigenvalue weighted by molar-refractivity contribution is -0.137. The summed E-state index contributed by atoms with van der Waals surface area (Å²) in [6.45, 7) is 4.05. The lowest BCUT2D eigenvalue weighted by Gasteiger charge is -2.26. The Hall–Kier alpha value is -3.89. The summed E-state index contributed by atoms with van der Waals surface area (Å²) >= 11 is 0. The summed E-state index contributed by atoms with van der Waals surface area (Å²) in [6, 6.07) is 17.1. The Bertz CT molecular complexity index is 1360. The molecular formula is C30H30F3N3O4. The Morgan fingerprint density at radius 3 is 2.42 bits per heavy atom. The molecule has 10 heteroatoms. The van der Waals surface area contributed by atoms with E-state index in [1.54, 1.807) is 30.3 Å². The fraction of sp³-hybridized carbons (Fsp3) is 0.333. The van der Waals surface area contributed by atoms with Gasteiger partial charge in [0.25, 0.3) is 5.91 Å². The fourth-order valence-electron chi connectivity index (χ4n) is 5.07. The minimum atomic E-state index is -4.43. The quantitative estimate of drug-likeness (QED) is 0.423. The van der Waals surface area contributed by atoms with Crippen molar-refractivity contribution in [1.82, 2.24) is 10.2 Å². The summed E-state index contributed by atoms with van der Waals surface area (Å²) in [4.78, 5) is 27.7. The van der Waals surface area contributed by atoms with Crippen LogP contribution in [0.25, 0.3) is 11.1 Å². The molecule has 3 aromatic carbocycles. The Morgan fingerprint density at radius 2 is 1.68 bits per heavy atom. The molecule has 3 aromatic rings. The van der Waals surface area contributed by atoms with E-state index in [1.807, 2.05) is 12.1 Å². The number of anilines is 1. The number of alkyl halides is 3. The standard InChI is InChI=1S/C30H30F3N3O4/c31-30(32,33)23-8-5-20(6-9-23)26-3-1-2-4-27(26)28(37)34-24-10-7-21-17-25(19-22(21)18-24)35-29(38)40-16-13-36-11-14-39-15-12-36/h1-10,18,25H,11-17,19H2,(H,34,37)(H,35,38). The van der Waals surface area contributed by atoms with E-state index in [4.69, 9.17) is 9.47 Å². The van der Waals surface area contributed by atoms with E-state index in [0.717, 1.165) is 36.3 Å². The van der Waals surface area contributed by atoms with E-state index in [2.05, 4.69) is 15.5 Å². The summed E-state index contributed by atoms with van der Waals surface area (Å²) in [7, 11) is 0. The van der Waals surface area contributed by atoms with Crippen LogP contribution in [0.2, 0.25) is 0 Å². The number of hydrogen-bond acceptors (Lipinski definition) is 5. The highest BCUT2D eigenvalue weighted by Gasteiger charge is 2.30. The molecule has 1 fully saturated rings. The largest absolute Gasteiger partial charge is 0.448 e. The van der Waals surface area contributed by atoms with Crippen LogP contribution < -0.4 is 10.6 Å². The number of nitrogens with zero attached hydrogens (tertiary/aromatic N) is 1. The fourth-order valence-corrected chi connectivity index (χ4v) is 5.07. The smallest absolute Gasteiger partial charge is 0.416 e. The first-order chi connectivity index (χ1) is 19.3. The summed E-state index contributed by atoms with van der Waals surface area (Å²) in [5, 5.41) is 5.83. The average molecular weight is 554 g/mol. The van der Waals surface area contributed by atoms with Crippen LogP contribution in [0.1, 0.15) is 27.0 Å². The van der Waals surface area contributed by atoms with Crippen LogP contribution in [0, 0.1) is 0 Å². The van der Waals surface area contributed by atoms with Crippen molar-refractivity contribution >= 4 is 17.7 Å². The van der Waals surface area contributed by atoms with Crippen molar-refractivity contribution in [1.29, 1.82) is 0 Å². The molecule has 0 aromatic heterocycles. The number of alkyl carbamates (subject to hydrolysis) is 1. The van der Waals surface area contributed by atoms with Gasteiger partial charge in [-0.1, -0.05) is 36.4 Å². The van der Waals surface area contributed by atoms with Crippen molar-refractivity contribution in [3.8, 4) is 11.1 Å². The van der Waals surface area contributed by atoms with E-state index in [9.17, 15) is 22.8 Å². The Balaban J connectivity index is 1.17. The molecule has 1 atom stereocenters. The van der Waals surface area contributed by atoms with Gasteiger partial charge in [0.2, 0.25) is 0 Å². The van der Waals surface area contributed by atoms with Gasteiger partial charge in [0.1, 0.15) is 6.61 Å². The molecule has 2 amide bonds. The van der Waals surface area contributed by atoms with Crippen molar-refractivity contribution in [2.24, 2.45) is 0 Å². The van der Waals surface area contributed by atoms with E-state index in [1.165, 1.54) is 12.1 Å². The van der Waals surface area contributed by atoms with E-state index >= 15 is 0 Å². The van der Waals surface area contributed by atoms with Crippen LogP contribution in [0.15, 0.2) is 66.7 Å². The number of carbonyl (C=O) groups excluding carboxylic acids is 2. The zero-order valence-corrected chi connectivity index (χ0v) is 21.8. The van der Waals surface area contributed by atoms with Crippen LogP contribution in [0.5, 0.6) is 0 Å². The van der Waals surface area contributed by atoms with Crippen molar-refractivity contribution in [3.05, 3.63) is 89.0 Å². The van der Waals surface area contributed by atoms with Gasteiger partial charge in [-0.05, 0) is 65.4 Å². The van der Waals surface area contributed by atoms with E-state index < -0.39 is 17.8 Å². The third kappa shape index (κ3) is 6.81. The normalized spacial score (nSPS) is 17.2. The van der Waals surface area contributed by atoms with Crippen LogP contribution in [-0.4, -0.2) is 62.4 Å². The number of amides is 2. The predicted octanol–water partition coefficient (Wildman–Crippen LogP) is 5.15. The highest BCUT2D eigenvalue weighted by Crippen LogP contribution is 2.32. The number of benzene rings is 3. The van der Waals surface area contributed by atoms with Crippen molar-refractivity contribution < 1.29 is 32.2 Å². The predicted molar refractivity (Wildman–Crippen MR) is 144 cm³/mol. The molecular weight excluding hydrogens is 523 g/mol. The molecule has 1 aliphatic carbocycles. The van der Waals surface area contributed by atoms with Gasteiger partial charge in [0.15, 0.2) is 0 Å². The summed E-state index contributed by atoms with van der Waals surface area (Å²) in [6.07, 6.45) is -3.60. The first-order valence-corrected chi connectivity index (χ1v) is 13.2. The zero-order chi connectivity index (χ0) is 28.1. The number of rotatable bonds is 7. The maximum absolute atomic E-state index is 13.2. The molecule has 1 saturated heterocycles. The summed E-state index contributed by atoms with van der Waals surface area (Å²) < 4.78 is 49.6. The number of hydrogen-bond donors (Lipinski definition) is 2. The average Bonchev–Trinajstić information content (AvgIpc) is 3.34. The number of halogens is 3. The second-order valence-electron chi connectivity index (χ2n) is 9.90. The number of nitrogens with one attached hydrogen (secondary N) is 2. The number of morpholine rings is 1. The van der Waals surface area contributed by atoms with Crippen LogP contribution in [0.4, 0.5) is 23.7 Å². The molecule has 1 heterocycles. The van der Waals surface area contributed by atoms with Gasteiger partial charge in [0, 0.05) is 36.9 Å². The lowest BCUT2D eigenvalue weighted by atomic mass is 9.98. The molecule has 1 aliphatic heterocycles. The molecule has 0 spiro atoms. The third-order valence-electron chi connectivity index (χ3n) is 7.16. The van der Waals surface area contributed by atoms with E-state index in [0.29, 0.717) is 61.6 Å². The van der Waals surface area contributed by atoms with Gasteiger partial charge in [-0.25, -0.2) is 4.79 Å². The van der Waals surface area contributed by atoms with E-state index in [-0.39, 0.29) is 11.9 Å². The van der Waals surface area contributed by atoms with Crippen molar-refractivity contribution in [3.63, 3.8) is 0 Å². The molecule has 1 unspecified atom stereocenters. The Morgan fingerprint density at radius 1 is 0.950 bits per heavy atom. The summed E-state index contributed by atoms with van der Waals surface area (Å²) in [5.74, 6) is -0.369. The Labute approximate surface area is 230 Å².